The third-order valence-corrected chi connectivity index (χ3v) is 3.25. The molecule has 20 heavy (non-hydrogen) atoms. The second-order valence-electron chi connectivity index (χ2n) is 5.66. The minimum absolute atomic E-state index is 0.0302. The molecule has 1 aliphatic heterocycles. The number of alkyl halides is 3. The fourth-order valence-electron chi connectivity index (χ4n) is 2.21. The number of nitrogens with zero attached hydrogens (tertiary/aromatic N) is 2. The molecule has 0 saturated carbocycles. The highest BCUT2D eigenvalue weighted by atomic mass is 19.4. The van der Waals surface area contributed by atoms with Gasteiger partial charge in [0.15, 0.2) is 5.96 Å². The fraction of sp³-hybridized carbons (Fsp3) is 0.923. The number of nitrogens with one attached hydrogen (secondary N) is 2. The average molecular weight is 294 g/mol. The van der Waals surface area contributed by atoms with Crippen LogP contribution in [-0.2, 0) is 0 Å². The molecule has 0 bridgehead atoms. The van der Waals surface area contributed by atoms with E-state index in [-0.39, 0.29) is 6.04 Å². The summed E-state index contributed by atoms with van der Waals surface area (Å²) in [4.78, 5) is 5.53. The molecule has 4 nitrogen and oxygen atoms in total. The van der Waals surface area contributed by atoms with Crippen LogP contribution in [0.15, 0.2) is 4.99 Å². The molecule has 7 heteroatoms. The Kier molecular flexibility index (Phi) is 6.58. The minimum atomic E-state index is -4.12. The van der Waals surface area contributed by atoms with E-state index in [1.54, 1.807) is 7.05 Å². The average Bonchev–Trinajstić information content (AvgIpc) is 2.72. The van der Waals surface area contributed by atoms with Crippen molar-refractivity contribution in [1.82, 2.24) is 15.5 Å². The van der Waals surface area contributed by atoms with Gasteiger partial charge in [0.2, 0.25) is 0 Å². The summed E-state index contributed by atoms with van der Waals surface area (Å²) < 4.78 is 36.9. The smallest absolute Gasteiger partial charge is 0.356 e. The maximum atomic E-state index is 12.3. The topological polar surface area (TPSA) is 39.7 Å². The molecule has 0 amide bonds. The molecule has 1 saturated heterocycles. The molecule has 0 aromatic carbocycles. The van der Waals surface area contributed by atoms with Gasteiger partial charge in [-0.25, -0.2) is 0 Å². The number of guanidine groups is 1. The first-order valence-corrected chi connectivity index (χ1v) is 7.06. The zero-order chi connectivity index (χ0) is 15.2. The van der Waals surface area contributed by atoms with E-state index >= 15 is 0 Å². The Bertz CT molecular complexity index is 315. The van der Waals surface area contributed by atoms with Gasteiger partial charge in [-0.3, -0.25) is 9.89 Å². The van der Waals surface area contributed by atoms with E-state index in [1.807, 2.05) is 0 Å². The number of rotatable bonds is 5. The molecule has 1 fully saturated rings. The van der Waals surface area contributed by atoms with Crippen LogP contribution >= 0.6 is 0 Å². The summed E-state index contributed by atoms with van der Waals surface area (Å²) in [7, 11) is 1.67. The summed E-state index contributed by atoms with van der Waals surface area (Å²) in [6.07, 6.45) is -2.38. The third kappa shape index (κ3) is 6.98. The van der Waals surface area contributed by atoms with Gasteiger partial charge in [0, 0.05) is 32.7 Å². The number of hydrogen-bond acceptors (Lipinski definition) is 2. The summed E-state index contributed by atoms with van der Waals surface area (Å²) in [5.41, 5.74) is 0. The molecule has 118 valence electrons. The molecule has 0 spiro atoms. The van der Waals surface area contributed by atoms with Crippen molar-refractivity contribution in [3.05, 3.63) is 0 Å². The van der Waals surface area contributed by atoms with E-state index in [1.165, 1.54) is 4.90 Å². The Balaban J connectivity index is 2.30. The second kappa shape index (κ2) is 7.71. The van der Waals surface area contributed by atoms with E-state index < -0.39 is 12.7 Å². The highest BCUT2D eigenvalue weighted by Gasteiger charge is 2.34. The van der Waals surface area contributed by atoms with Crippen molar-refractivity contribution in [1.29, 1.82) is 0 Å². The molecule has 0 aromatic heterocycles. The Morgan fingerprint density at radius 2 is 2.10 bits per heavy atom. The van der Waals surface area contributed by atoms with E-state index in [4.69, 9.17) is 0 Å². The number of hydrogen-bond donors (Lipinski definition) is 2. The van der Waals surface area contributed by atoms with Crippen molar-refractivity contribution in [3.8, 4) is 0 Å². The lowest BCUT2D eigenvalue weighted by Gasteiger charge is -2.20. The van der Waals surface area contributed by atoms with Crippen molar-refractivity contribution >= 4 is 5.96 Å². The third-order valence-electron chi connectivity index (χ3n) is 3.25. The standard InChI is InChI=1S/C13H25F3N4/c1-10(2)4-6-18-12(17-3)19-11-5-7-20(8-11)9-13(14,15)16/h10-11H,4-9H2,1-3H3,(H2,17,18,19). The van der Waals surface area contributed by atoms with Crippen LogP contribution < -0.4 is 10.6 Å². The predicted octanol–water partition coefficient (Wildman–Crippen LogP) is 1.83. The largest absolute Gasteiger partial charge is 0.401 e. The molecule has 0 aromatic rings. The normalized spacial score (nSPS) is 21.6. The number of halogens is 3. The summed E-state index contributed by atoms with van der Waals surface area (Å²) in [6, 6.07) is 0.0302. The van der Waals surface area contributed by atoms with Crippen molar-refractivity contribution in [2.75, 3.05) is 33.2 Å². The van der Waals surface area contributed by atoms with Gasteiger partial charge in [-0.2, -0.15) is 13.2 Å². The van der Waals surface area contributed by atoms with Gasteiger partial charge >= 0.3 is 6.18 Å². The van der Waals surface area contributed by atoms with Gasteiger partial charge in [0.1, 0.15) is 0 Å². The SMILES string of the molecule is CN=C(NCCC(C)C)NC1CCN(CC(F)(F)F)C1. The van der Waals surface area contributed by atoms with Gasteiger partial charge in [-0.05, 0) is 18.8 Å². The van der Waals surface area contributed by atoms with Crippen LogP contribution in [0.5, 0.6) is 0 Å². The monoisotopic (exact) mass is 294 g/mol. The highest BCUT2D eigenvalue weighted by molar-refractivity contribution is 5.79. The number of likely N-dealkylation sites (tertiary alicyclic amines) is 1. The molecular formula is C13H25F3N4. The molecule has 2 N–H and O–H groups in total. The Hall–Kier alpha value is -0.980. The first-order valence-electron chi connectivity index (χ1n) is 7.06. The highest BCUT2D eigenvalue weighted by Crippen LogP contribution is 2.19. The lowest BCUT2D eigenvalue weighted by atomic mass is 10.1. The fourth-order valence-corrected chi connectivity index (χ4v) is 2.21. The quantitative estimate of drug-likeness (QED) is 0.600. The van der Waals surface area contributed by atoms with Crippen LogP contribution in [0.25, 0.3) is 0 Å². The molecule has 1 atom stereocenters. The molecule has 0 radical (unpaired) electrons. The van der Waals surface area contributed by atoms with Gasteiger partial charge in [0.05, 0.1) is 6.54 Å². The van der Waals surface area contributed by atoms with E-state index in [0.29, 0.717) is 31.4 Å². The molecule has 0 aliphatic carbocycles. The summed E-state index contributed by atoms with van der Waals surface area (Å²) in [5.74, 6) is 1.28. The zero-order valence-electron chi connectivity index (χ0n) is 12.4. The molecule has 1 unspecified atom stereocenters. The van der Waals surface area contributed by atoms with Crippen molar-refractivity contribution in [2.45, 2.75) is 38.9 Å². The van der Waals surface area contributed by atoms with Gasteiger partial charge in [-0.1, -0.05) is 13.8 Å². The van der Waals surface area contributed by atoms with Crippen LogP contribution in [0.3, 0.4) is 0 Å². The zero-order valence-corrected chi connectivity index (χ0v) is 12.4. The maximum Gasteiger partial charge on any atom is 0.401 e. The predicted molar refractivity (Wildman–Crippen MR) is 74.9 cm³/mol. The molecule has 1 rings (SSSR count). The lowest BCUT2D eigenvalue weighted by molar-refractivity contribution is -0.143. The molecular weight excluding hydrogens is 269 g/mol. The summed E-state index contributed by atoms with van der Waals surface area (Å²) in [6.45, 7) is 5.15. The van der Waals surface area contributed by atoms with E-state index in [2.05, 4.69) is 29.5 Å². The van der Waals surface area contributed by atoms with Crippen LogP contribution in [0.1, 0.15) is 26.7 Å². The lowest BCUT2D eigenvalue weighted by Crippen LogP contribution is -2.45. The van der Waals surface area contributed by atoms with Gasteiger partial charge < -0.3 is 10.6 Å². The minimum Gasteiger partial charge on any atom is -0.356 e. The van der Waals surface area contributed by atoms with Crippen molar-refractivity contribution in [2.24, 2.45) is 10.9 Å². The summed E-state index contributed by atoms with van der Waals surface area (Å²) >= 11 is 0. The van der Waals surface area contributed by atoms with Gasteiger partial charge in [0.25, 0.3) is 0 Å². The van der Waals surface area contributed by atoms with Crippen LogP contribution in [0.4, 0.5) is 13.2 Å². The van der Waals surface area contributed by atoms with Crippen LogP contribution in [-0.4, -0.2) is 56.3 Å². The first-order chi connectivity index (χ1) is 9.30. The first kappa shape index (κ1) is 17.1. The Morgan fingerprint density at radius 1 is 1.40 bits per heavy atom. The van der Waals surface area contributed by atoms with E-state index in [9.17, 15) is 13.2 Å². The molecule has 1 heterocycles. The Labute approximate surface area is 118 Å². The number of aliphatic imine (C=N–C) groups is 1. The Morgan fingerprint density at radius 3 is 2.65 bits per heavy atom. The summed E-state index contributed by atoms with van der Waals surface area (Å²) in [5, 5.41) is 6.37. The maximum absolute atomic E-state index is 12.3. The van der Waals surface area contributed by atoms with Crippen LogP contribution in [0.2, 0.25) is 0 Å². The van der Waals surface area contributed by atoms with Crippen LogP contribution in [0, 0.1) is 5.92 Å². The van der Waals surface area contributed by atoms with Gasteiger partial charge in [-0.15, -0.1) is 0 Å². The van der Waals surface area contributed by atoms with Crippen molar-refractivity contribution in [3.63, 3.8) is 0 Å². The second-order valence-corrected chi connectivity index (χ2v) is 5.66. The van der Waals surface area contributed by atoms with Crippen molar-refractivity contribution < 1.29 is 13.2 Å². The molecule has 1 aliphatic rings. The van der Waals surface area contributed by atoms with E-state index in [0.717, 1.165) is 13.0 Å².